The minimum Gasteiger partial charge on any atom is -0.385 e. The van der Waals surface area contributed by atoms with Crippen LogP contribution in [0.2, 0.25) is 0 Å². The number of aliphatic hydroxyl groups excluding tert-OH is 1. The summed E-state index contributed by atoms with van der Waals surface area (Å²) in [5.74, 6) is 0. The van der Waals surface area contributed by atoms with Crippen molar-refractivity contribution in [1.29, 1.82) is 0 Å². The van der Waals surface area contributed by atoms with Crippen LogP contribution in [-0.4, -0.2) is 23.7 Å². The van der Waals surface area contributed by atoms with Gasteiger partial charge in [0.1, 0.15) is 12.4 Å². The second-order valence-electron chi connectivity index (χ2n) is 2.97. The third kappa shape index (κ3) is 1.32. The van der Waals surface area contributed by atoms with Crippen LogP contribution in [0, 0.1) is 0 Å². The van der Waals surface area contributed by atoms with E-state index in [-0.39, 0.29) is 5.57 Å². The van der Waals surface area contributed by atoms with Crippen LogP contribution in [0.1, 0.15) is 13.8 Å². The van der Waals surface area contributed by atoms with Gasteiger partial charge >= 0.3 is 0 Å². The third-order valence-corrected chi connectivity index (χ3v) is 2.18. The molecule has 2 unspecified atom stereocenters. The van der Waals surface area contributed by atoms with Crippen LogP contribution in [0.25, 0.3) is 0 Å². The average molecular weight is 170 g/mol. The summed E-state index contributed by atoms with van der Waals surface area (Å²) in [6.45, 7) is 3.40. The highest BCUT2D eigenvalue weighted by molar-refractivity contribution is 5.77. The molecule has 0 saturated heterocycles. The van der Waals surface area contributed by atoms with E-state index in [9.17, 15) is 14.3 Å². The second kappa shape index (κ2) is 3.19. The highest BCUT2D eigenvalue weighted by atomic mass is 19.1. The number of rotatable bonds is 1. The van der Waals surface area contributed by atoms with Crippen molar-refractivity contribution in [2.75, 3.05) is 0 Å². The molecular formula is C9H11FO2. The van der Waals surface area contributed by atoms with E-state index in [2.05, 4.69) is 0 Å². The molecule has 12 heavy (non-hydrogen) atoms. The summed E-state index contributed by atoms with van der Waals surface area (Å²) in [4.78, 5) is 10.3. The van der Waals surface area contributed by atoms with Gasteiger partial charge in [0.15, 0.2) is 6.17 Å². The minimum atomic E-state index is -1.56. The van der Waals surface area contributed by atoms with Crippen molar-refractivity contribution in [2.45, 2.75) is 26.1 Å². The molecule has 66 valence electrons. The van der Waals surface area contributed by atoms with Crippen LogP contribution in [-0.2, 0) is 4.79 Å². The highest BCUT2D eigenvalue weighted by Gasteiger charge is 2.28. The molecule has 1 rings (SSSR count). The zero-order valence-electron chi connectivity index (χ0n) is 7.04. The number of aliphatic hydroxyl groups is 1. The van der Waals surface area contributed by atoms with Crippen molar-refractivity contribution >= 4 is 6.29 Å². The molecule has 0 radical (unpaired) electrons. The first-order valence-corrected chi connectivity index (χ1v) is 3.74. The number of halogens is 1. The van der Waals surface area contributed by atoms with Gasteiger partial charge in [-0.15, -0.1) is 0 Å². The van der Waals surface area contributed by atoms with E-state index in [4.69, 9.17) is 0 Å². The van der Waals surface area contributed by atoms with Crippen LogP contribution in [0.5, 0.6) is 0 Å². The predicted octanol–water partition coefficient (Wildman–Crippen LogP) is 1.16. The maximum absolute atomic E-state index is 13.1. The molecule has 0 spiro atoms. The number of allylic oxidation sites excluding steroid dienone is 2. The lowest BCUT2D eigenvalue weighted by Gasteiger charge is -2.22. The lowest BCUT2D eigenvalue weighted by molar-refractivity contribution is -0.105. The highest BCUT2D eigenvalue weighted by Crippen LogP contribution is 2.25. The fraction of sp³-hybridized carbons (Fsp3) is 0.444. The number of aldehydes is 1. The molecule has 1 aliphatic rings. The quantitative estimate of drug-likeness (QED) is 0.599. The van der Waals surface area contributed by atoms with E-state index >= 15 is 0 Å². The Balaban J connectivity index is 3.08. The lowest BCUT2D eigenvalue weighted by Crippen LogP contribution is -2.29. The van der Waals surface area contributed by atoms with E-state index in [1.165, 1.54) is 6.08 Å². The summed E-state index contributed by atoms with van der Waals surface area (Å²) in [6.07, 6.45) is -0.801. The molecule has 0 saturated carbocycles. The standard InChI is InChI=1S/C9H11FO2/c1-5-3-7(4-11)8(10)9(12)6(5)2/h3-4,8-9,12H,1-2H3. The largest absolute Gasteiger partial charge is 0.385 e. The molecule has 0 aromatic carbocycles. The fourth-order valence-electron chi connectivity index (χ4n) is 1.18. The Morgan fingerprint density at radius 3 is 2.67 bits per heavy atom. The molecule has 0 aliphatic heterocycles. The summed E-state index contributed by atoms with van der Waals surface area (Å²) in [5, 5.41) is 9.29. The van der Waals surface area contributed by atoms with Gasteiger partial charge in [0, 0.05) is 5.57 Å². The Hall–Kier alpha value is -0.960. The van der Waals surface area contributed by atoms with E-state index < -0.39 is 12.3 Å². The Morgan fingerprint density at radius 1 is 1.58 bits per heavy atom. The van der Waals surface area contributed by atoms with E-state index in [1.54, 1.807) is 13.8 Å². The van der Waals surface area contributed by atoms with E-state index in [0.717, 1.165) is 5.57 Å². The zero-order chi connectivity index (χ0) is 9.30. The average Bonchev–Trinajstić information content (AvgIpc) is 2.08. The van der Waals surface area contributed by atoms with Crippen LogP contribution in [0.4, 0.5) is 4.39 Å². The number of hydrogen-bond donors (Lipinski definition) is 1. The molecule has 0 heterocycles. The van der Waals surface area contributed by atoms with Gasteiger partial charge in [-0.05, 0) is 31.1 Å². The monoisotopic (exact) mass is 170 g/mol. The predicted molar refractivity (Wildman–Crippen MR) is 43.4 cm³/mol. The van der Waals surface area contributed by atoms with Gasteiger partial charge in [0.2, 0.25) is 0 Å². The van der Waals surface area contributed by atoms with Gasteiger partial charge in [-0.25, -0.2) is 4.39 Å². The van der Waals surface area contributed by atoms with Crippen LogP contribution in [0.15, 0.2) is 22.8 Å². The molecule has 1 aliphatic carbocycles. The SMILES string of the molecule is CC1=C(C)C(O)C(F)C(C=O)=C1. The van der Waals surface area contributed by atoms with Crippen molar-refractivity contribution in [3.05, 3.63) is 22.8 Å². The Bertz CT molecular complexity index is 264. The van der Waals surface area contributed by atoms with Crippen LogP contribution in [0.3, 0.4) is 0 Å². The number of hydrogen-bond acceptors (Lipinski definition) is 2. The number of carbonyl (C=O) groups is 1. The van der Waals surface area contributed by atoms with E-state index in [0.29, 0.717) is 11.9 Å². The topological polar surface area (TPSA) is 37.3 Å². The van der Waals surface area contributed by atoms with Gasteiger partial charge in [-0.3, -0.25) is 4.79 Å². The minimum absolute atomic E-state index is 0.0191. The van der Waals surface area contributed by atoms with Crippen molar-refractivity contribution < 1.29 is 14.3 Å². The van der Waals surface area contributed by atoms with Gasteiger partial charge in [-0.1, -0.05) is 0 Å². The summed E-state index contributed by atoms with van der Waals surface area (Å²) in [5.41, 5.74) is 1.37. The number of carbonyl (C=O) groups excluding carboxylic acids is 1. The second-order valence-corrected chi connectivity index (χ2v) is 2.97. The molecule has 0 bridgehead atoms. The smallest absolute Gasteiger partial charge is 0.158 e. The Kier molecular flexibility index (Phi) is 2.43. The van der Waals surface area contributed by atoms with Gasteiger partial charge < -0.3 is 5.11 Å². The molecule has 0 aromatic rings. The molecule has 1 N–H and O–H groups in total. The molecule has 2 nitrogen and oxygen atoms in total. The third-order valence-electron chi connectivity index (χ3n) is 2.18. The molecule has 0 fully saturated rings. The Labute approximate surface area is 70.4 Å². The molecule has 0 aromatic heterocycles. The summed E-state index contributed by atoms with van der Waals surface area (Å²) in [6, 6.07) is 0. The summed E-state index contributed by atoms with van der Waals surface area (Å²) >= 11 is 0. The van der Waals surface area contributed by atoms with Crippen molar-refractivity contribution in [1.82, 2.24) is 0 Å². The van der Waals surface area contributed by atoms with Crippen molar-refractivity contribution in [3.8, 4) is 0 Å². The maximum atomic E-state index is 13.1. The van der Waals surface area contributed by atoms with Crippen LogP contribution < -0.4 is 0 Å². The normalized spacial score (nSPS) is 30.2. The van der Waals surface area contributed by atoms with Gasteiger partial charge in [0.25, 0.3) is 0 Å². The van der Waals surface area contributed by atoms with Crippen molar-refractivity contribution in [3.63, 3.8) is 0 Å². The molecular weight excluding hydrogens is 159 g/mol. The molecule has 0 amide bonds. The summed E-state index contributed by atoms with van der Waals surface area (Å²) in [7, 11) is 0. The summed E-state index contributed by atoms with van der Waals surface area (Å²) < 4.78 is 13.1. The van der Waals surface area contributed by atoms with Gasteiger partial charge in [0.05, 0.1) is 0 Å². The lowest BCUT2D eigenvalue weighted by atomic mass is 9.91. The first-order chi connectivity index (χ1) is 5.57. The fourth-order valence-corrected chi connectivity index (χ4v) is 1.18. The molecule has 2 atom stereocenters. The molecule has 3 heteroatoms. The van der Waals surface area contributed by atoms with Crippen LogP contribution >= 0.6 is 0 Å². The van der Waals surface area contributed by atoms with Crippen molar-refractivity contribution in [2.24, 2.45) is 0 Å². The van der Waals surface area contributed by atoms with Gasteiger partial charge in [-0.2, -0.15) is 0 Å². The number of alkyl halides is 1. The first-order valence-electron chi connectivity index (χ1n) is 3.74. The zero-order valence-corrected chi connectivity index (χ0v) is 7.04. The first kappa shape index (κ1) is 9.13. The maximum Gasteiger partial charge on any atom is 0.158 e. The van der Waals surface area contributed by atoms with E-state index in [1.807, 2.05) is 0 Å². The Morgan fingerprint density at radius 2 is 2.17 bits per heavy atom.